The first-order chi connectivity index (χ1) is 7.11. The number of benzene rings is 1. The average molecular weight is 227 g/mol. The number of hydrogen-bond donors (Lipinski definition) is 1. The maximum absolute atomic E-state index is 6.04. The first kappa shape index (κ1) is 10.6. The van der Waals surface area contributed by atoms with Crippen molar-refractivity contribution >= 4 is 17.3 Å². The molecule has 1 aliphatic heterocycles. The van der Waals surface area contributed by atoms with Crippen molar-refractivity contribution < 1.29 is 4.74 Å². The topological polar surface area (TPSA) is 38.5 Å². The Morgan fingerprint density at radius 1 is 1.47 bits per heavy atom. The van der Waals surface area contributed by atoms with Gasteiger partial charge in [0, 0.05) is 30.2 Å². The van der Waals surface area contributed by atoms with Crippen LogP contribution in [0.1, 0.15) is 5.56 Å². The molecule has 0 atom stereocenters. The Balaban J connectivity index is 2.33. The number of nitrogens with zero attached hydrogens (tertiary/aromatic N) is 1. The van der Waals surface area contributed by atoms with Crippen molar-refractivity contribution in [1.82, 2.24) is 0 Å². The molecule has 2 rings (SSSR count). The van der Waals surface area contributed by atoms with Gasteiger partial charge in [-0.05, 0) is 18.6 Å². The lowest BCUT2D eigenvalue weighted by Gasteiger charge is -2.39. The fraction of sp³-hybridized carbons (Fsp3) is 0.455. The minimum atomic E-state index is 0.283. The Bertz CT molecular complexity index is 375. The molecule has 4 heteroatoms. The highest BCUT2D eigenvalue weighted by molar-refractivity contribution is 6.31. The summed E-state index contributed by atoms with van der Waals surface area (Å²) in [6.07, 6.45) is 0. The predicted molar refractivity (Wildman–Crippen MR) is 62.9 cm³/mol. The van der Waals surface area contributed by atoms with Crippen LogP contribution in [0.5, 0.6) is 5.75 Å². The second-order valence-corrected chi connectivity index (χ2v) is 4.35. The van der Waals surface area contributed by atoms with Crippen molar-refractivity contribution in [3.63, 3.8) is 0 Å². The fourth-order valence-corrected chi connectivity index (χ4v) is 1.92. The zero-order chi connectivity index (χ0) is 11.0. The number of hydrogen-bond acceptors (Lipinski definition) is 3. The van der Waals surface area contributed by atoms with Crippen LogP contribution in [0.3, 0.4) is 0 Å². The summed E-state index contributed by atoms with van der Waals surface area (Å²) in [7, 11) is 1.66. The van der Waals surface area contributed by atoms with E-state index in [1.807, 2.05) is 19.1 Å². The zero-order valence-corrected chi connectivity index (χ0v) is 9.71. The van der Waals surface area contributed by atoms with Crippen LogP contribution in [-0.2, 0) is 0 Å². The van der Waals surface area contributed by atoms with E-state index in [0.29, 0.717) is 0 Å². The molecule has 1 aliphatic rings. The molecule has 15 heavy (non-hydrogen) atoms. The van der Waals surface area contributed by atoms with Gasteiger partial charge in [-0.25, -0.2) is 0 Å². The first-order valence-electron chi connectivity index (χ1n) is 4.96. The molecule has 1 saturated heterocycles. The van der Waals surface area contributed by atoms with Crippen molar-refractivity contribution in [2.75, 3.05) is 25.1 Å². The highest BCUT2D eigenvalue weighted by atomic mass is 35.5. The first-order valence-corrected chi connectivity index (χ1v) is 5.34. The van der Waals surface area contributed by atoms with E-state index in [-0.39, 0.29) is 6.04 Å². The van der Waals surface area contributed by atoms with Crippen molar-refractivity contribution in [3.05, 3.63) is 22.7 Å². The maximum atomic E-state index is 6.04. The third-order valence-electron chi connectivity index (χ3n) is 2.71. The average Bonchev–Trinajstić information content (AvgIpc) is 2.17. The molecule has 82 valence electrons. The number of aryl methyl sites for hydroxylation is 1. The van der Waals surface area contributed by atoms with Crippen LogP contribution in [0.15, 0.2) is 12.1 Å². The number of halogens is 1. The predicted octanol–water partition coefficient (Wildman–Crippen LogP) is 1.80. The largest absolute Gasteiger partial charge is 0.495 e. The molecule has 0 spiro atoms. The van der Waals surface area contributed by atoms with Gasteiger partial charge in [-0.1, -0.05) is 11.6 Å². The summed E-state index contributed by atoms with van der Waals surface area (Å²) in [5.41, 5.74) is 7.90. The highest BCUT2D eigenvalue weighted by Crippen LogP contribution is 2.35. The Morgan fingerprint density at radius 3 is 2.67 bits per heavy atom. The van der Waals surface area contributed by atoms with Gasteiger partial charge < -0.3 is 15.4 Å². The smallest absolute Gasteiger partial charge is 0.143 e. The van der Waals surface area contributed by atoms with Crippen molar-refractivity contribution in [2.24, 2.45) is 5.73 Å². The summed E-state index contributed by atoms with van der Waals surface area (Å²) in [4.78, 5) is 2.20. The Morgan fingerprint density at radius 2 is 2.13 bits per heavy atom. The quantitative estimate of drug-likeness (QED) is 0.836. The molecule has 0 aliphatic carbocycles. The van der Waals surface area contributed by atoms with E-state index in [9.17, 15) is 0 Å². The van der Waals surface area contributed by atoms with Crippen LogP contribution in [-0.4, -0.2) is 26.2 Å². The van der Waals surface area contributed by atoms with Gasteiger partial charge in [0.05, 0.1) is 12.8 Å². The SMILES string of the molecule is COc1cc(Cl)c(C)cc1N1CC(N)C1. The third kappa shape index (κ3) is 1.90. The van der Waals surface area contributed by atoms with Crippen LogP contribution in [0.2, 0.25) is 5.02 Å². The van der Waals surface area contributed by atoms with Gasteiger partial charge in [0.25, 0.3) is 0 Å². The second kappa shape index (κ2) is 3.91. The van der Waals surface area contributed by atoms with E-state index < -0.39 is 0 Å². The van der Waals surface area contributed by atoms with Crippen LogP contribution in [0.4, 0.5) is 5.69 Å². The van der Waals surface area contributed by atoms with Crippen molar-refractivity contribution in [2.45, 2.75) is 13.0 Å². The van der Waals surface area contributed by atoms with Gasteiger partial charge in [0.15, 0.2) is 0 Å². The third-order valence-corrected chi connectivity index (χ3v) is 3.12. The van der Waals surface area contributed by atoms with Gasteiger partial charge in [0.1, 0.15) is 5.75 Å². The molecule has 3 nitrogen and oxygen atoms in total. The molecular weight excluding hydrogens is 212 g/mol. The lowest BCUT2D eigenvalue weighted by molar-refractivity contribution is 0.409. The Hall–Kier alpha value is -0.930. The number of ether oxygens (including phenoxy) is 1. The normalized spacial score (nSPS) is 16.4. The summed E-state index contributed by atoms with van der Waals surface area (Å²) < 4.78 is 5.31. The van der Waals surface area contributed by atoms with Gasteiger partial charge in [-0.3, -0.25) is 0 Å². The van der Waals surface area contributed by atoms with E-state index in [1.54, 1.807) is 7.11 Å². The van der Waals surface area contributed by atoms with Crippen LogP contribution in [0, 0.1) is 6.92 Å². The minimum absolute atomic E-state index is 0.283. The molecule has 0 saturated carbocycles. The molecule has 1 aromatic carbocycles. The number of anilines is 1. The summed E-state index contributed by atoms with van der Waals surface area (Å²) in [6, 6.07) is 4.19. The van der Waals surface area contributed by atoms with Crippen LogP contribution < -0.4 is 15.4 Å². The lowest BCUT2D eigenvalue weighted by atomic mass is 10.1. The van der Waals surface area contributed by atoms with Crippen LogP contribution >= 0.6 is 11.6 Å². The van der Waals surface area contributed by atoms with Crippen LogP contribution in [0.25, 0.3) is 0 Å². The zero-order valence-electron chi connectivity index (χ0n) is 8.96. The molecule has 2 N–H and O–H groups in total. The summed E-state index contributed by atoms with van der Waals surface area (Å²) >= 11 is 6.04. The van der Waals surface area contributed by atoms with E-state index in [2.05, 4.69) is 4.90 Å². The number of methoxy groups -OCH3 is 1. The minimum Gasteiger partial charge on any atom is -0.495 e. The van der Waals surface area contributed by atoms with E-state index in [0.717, 1.165) is 35.1 Å². The van der Waals surface area contributed by atoms with E-state index in [1.165, 1.54) is 0 Å². The number of rotatable bonds is 2. The maximum Gasteiger partial charge on any atom is 0.143 e. The van der Waals surface area contributed by atoms with E-state index >= 15 is 0 Å². The Labute approximate surface area is 94.8 Å². The fourth-order valence-electron chi connectivity index (χ4n) is 1.77. The molecule has 1 heterocycles. The number of nitrogens with two attached hydrogens (primary N) is 1. The molecule has 1 fully saturated rings. The molecule has 0 amide bonds. The van der Waals surface area contributed by atoms with Gasteiger partial charge in [0.2, 0.25) is 0 Å². The summed E-state index contributed by atoms with van der Waals surface area (Å²) in [5.74, 6) is 0.817. The molecule has 0 aromatic heterocycles. The Kier molecular flexibility index (Phi) is 2.76. The molecule has 1 aromatic rings. The van der Waals surface area contributed by atoms with Gasteiger partial charge in [-0.2, -0.15) is 0 Å². The standard InChI is InChI=1S/C11H15ClN2O/c1-7-3-10(14-5-8(13)6-14)11(15-2)4-9(7)12/h3-4,8H,5-6,13H2,1-2H3. The second-order valence-electron chi connectivity index (χ2n) is 3.94. The highest BCUT2D eigenvalue weighted by Gasteiger charge is 2.26. The van der Waals surface area contributed by atoms with E-state index in [4.69, 9.17) is 22.1 Å². The molecular formula is C11H15ClN2O. The molecule has 0 radical (unpaired) electrons. The summed E-state index contributed by atoms with van der Waals surface area (Å²) in [6.45, 7) is 3.76. The van der Waals surface area contributed by atoms with Crippen molar-refractivity contribution in [1.29, 1.82) is 0 Å². The van der Waals surface area contributed by atoms with Gasteiger partial charge in [-0.15, -0.1) is 0 Å². The molecule has 0 bridgehead atoms. The van der Waals surface area contributed by atoms with Crippen molar-refractivity contribution in [3.8, 4) is 5.75 Å². The monoisotopic (exact) mass is 226 g/mol. The lowest BCUT2D eigenvalue weighted by Crippen LogP contribution is -2.56. The molecule has 0 unspecified atom stereocenters. The van der Waals surface area contributed by atoms with Gasteiger partial charge >= 0.3 is 0 Å². The summed E-state index contributed by atoms with van der Waals surface area (Å²) in [5, 5.41) is 0.737.